The van der Waals surface area contributed by atoms with Gasteiger partial charge in [-0.05, 0) is 32.0 Å². The zero-order chi connectivity index (χ0) is 15.0. The summed E-state index contributed by atoms with van der Waals surface area (Å²) in [5.41, 5.74) is 0.457. The molecule has 106 valence electrons. The normalized spacial score (nSPS) is 11.1. The van der Waals surface area contributed by atoms with E-state index in [1.807, 2.05) is 6.07 Å². The number of carbonyl (C=O) groups is 2. The molecule has 20 heavy (non-hydrogen) atoms. The van der Waals surface area contributed by atoms with Crippen LogP contribution in [0.1, 0.15) is 19.4 Å². The summed E-state index contributed by atoms with van der Waals surface area (Å²) in [7, 11) is 0. The van der Waals surface area contributed by atoms with Crippen molar-refractivity contribution in [1.29, 1.82) is 5.26 Å². The highest BCUT2D eigenvalue weighted by Crippen LogP contribution is 2.12. The molecule has 2 N–H and O–H groups in total. The number of nitrogens with zero attached hydrogens (tertiary/aromatic N) is 1. The second kappa shape index (κ2) is 7.79. The fourth-order valence-corrected chi connectivity index (χ4v) is 1.48. The molecule has 0 radical (unpaired) electrons. The van der Waals surface area contributed by atoms with Crippen LogP contribution in [0.4, 0.5) is 0 Å². The molecule has 6 heteroatoms. The number of nitriles is 1. The first-order valence-electron chi connectivity index (χ1n) is 6.26. The maximum Gasteiger partial charge on any atom is 0.258 e. The minimum absolute atomic E-state index is 0.210. The highest BCUT2D eigenvalue weighted by atomic mass is 16.5. The predicted octanol–water partition coefficient (Wildman–Crippen LogP) is 0.578. The van der Waals surface area contributed by atoms with Gasteiger partial charge in [-0.2, -0.15) is 5.26 Å². The zero-order valence-electron chi connectivity index (χ0n) is 11.5. The van der Waals surface area contributed by atoms with Crippen LogP contribution in [0.3, 0.4) is 0 Å². The maximum absolute atomic E-state index is 11.6. The molecule has 0 aromatic heterocycles. The van der Waals surface area contributed by atoms with Gasteiger partial charge in [0.2, 0.25) is 5.91 Å². The fourth-order valence-electron chi connectivity index (χ4n) is 1.48. The molecule has 0 aliphatic rings. The van der Waals surface area contributed by atoms with Gasteiger partial charge in [-0.3, -0.25) is 9.59 Å². The van der Waals surface area contributed by atoms with Gasteiger partial charge in [0.15, 0.2) is 6.61 Å². The summed E-state index contributed by atoms with van der Waals surface area (Å²) in [4.78, 5) is 23.0. The molecule has 6 nitrogen and oxygen atoms in total. The lowest BCUT2D eigenvalue weighted by Crippen LogP contribution is -2.46. The molecule has 0 unspecified atom stereocenters. The third-order valence-corrected chi connectivity index (χ3v) is 2.45. The lowest BCUT2D eigenvalue weighted by atomic mass is 10.2. The van der Waals surface area contributed by atoms with Crippen molar-refractivity contribution >= 4 is 11.8 Å². The van der Waals surface area contributed by atoms with E-state index >= 15 is 0 Å². The lowest BCUT2D eigenvalue weighted by molar-refractivity contribution is -0.129. The first-order chi connectivity index (χ1) is 9.56. The predicted molar refractivity (Wildman–Crippen MR) is 72.9 cm³/mol. The lowest BCUT2D eigenvalue weighted by Gasteiger charge is -2.13. The Bertz CT molecular complexity index is 523. The fraction of sp³-hybridized carbons (Fsp3) is 0.357. The third-order valence-electron chi connectivity index (χ3n) is 2.45. The number of ether oxygens (including phenoxy) is 1. The quantitative estimate of drug-likeness (QED) is 0.794. The van der Waals surface area contributed by atoms with Crippen LogP contribution in [0.2, 0.25) is 0 Å². The van der Waals surface area contributed by atoms with Crippen LogP contribution in [0.5, 0.6) is 5.75 Å². The van der Waals surface area contributed by atoms with Crippen LogP contribution < -0.4 is 15.4 Å². The van der Waals surface area contributed by atoms with E-state index in [2.05, 4.69) is 10.6 Å². The average Bonchev–Trinajstić information content (AvgIpc) is 2.45. The van der Waals surface area contributed by atoms with Crippen molar-refractivity contribution in [3.8, 4) is 11.8 Å². The van der Waals surface area contributed by atoms with E-state index in [1.165, 1.54) is 0 Å². The minimum atomic E-state index is -0.614. The SMILES string of the molecule is CCNC(=O)[C@H](C)NC(=O)COc1cccc(C#N)c1. The van der Waals surface area contributed by atoms with Crippen molar-refractivity contribution in [2.24, 2.45) is 0 Å². The molecular weight excluding hydrogens is 258 g/mol. The Kier molecular flexibility index (Phi) is 6.04. The average molecular weight is 275 g/mol. The number of hydrogen-bond acceptors (Lipinski definition) is 4. The Labute approximate surface area is 117 Å². The Morgan fingerprint density at radius 2 is 2.20 bits per heavy atom. The van der Waals surface area contributed by atoms with Gasteiger partial charge in [0.25, 0.3) is 5.91 Å². The summed E-state index contributed by atoms with van der Waals surface area (Å²) in [6, 6.07) is 7.88. The zero-order valence-corrected chi connectivity index (χ0v) is 11.5. The molecule has 0 aliphatic heterocycles. The largest absolute Gasteiger partial charge is 0.484 e. The highest BCUT2D eigenvalue weighted by molar-refractivity contribution is 5.87. The van der Waals surface area contributed by atoms with E-state index in [4.69, 9.17) is 10.00 Å². The maximum atomic E-state index is 11.6. The molecule has 0 spiro atoms. The molecule has 0 saturated heterocycles. The molecule has 0 fully saturated rings. The van der Waals surface area contributed by atoms with Crippen molar-refractivity contribution in [3.63, 3.8) is 0 Å². The Morgan fingerprint density at radius 1 is 1.45 bits per heavy atom. The number of nitrogens with one attached hydrogen (secondary N) is 2. The highest BCUT2D eigenvalue weighted by Gasteiger charge is 2.14. The molecule has 1 atom stereocenters. The molecule has 1 aromatic rings. The van der Waals surface area contributed by atoms with E-state index in [1.54, 1.807) is 38.1 Å². The van der Waals surface area contributed by atoms with Crippen LogP contribution in [0, 0.1) is 11.3 Å². The Hall–Kier alpha value is -2.55. The topological polar surface area (TPSA) is 91.2 Å². The molecule has 0 aliphatic carbocycles. The van der Waals surface area contributed by atoms with Gasteiger partial charge >= 0.3 is 0 Å². The van der Waals surface area contributed by atoms with Crippen LogP contribution >= 0.6 is 0 Å². The number of rotatable bonds is 6. The molecule has 2 amide bonds. The van der Waals surface area contributed by atoms with E-state index in [0.717, 1.165) is 0 Å². The Morgan fingerprint density at radius 3 is 2.85 bits per heavy atom. The third kappa shape index (κ3) is 4.98. The molecular formula is C14H17N3O3. The summed E-state index contributed by atoms with van der Waals surface area (Å²) in [5.74, 6) is -0.205. The molecule has 1 aromatic carbocycles. The monoisotopic (exact) mass is 275 g/mol. The van der Waals surface area contributed by atoms with Crippen molar-refractivity contribution in [3.05, 3.63) is 29.8 Å². The van der Waals surface area contributed by atoms with Gasteiger partial charge in [0.1, 0.15) is 11.8 Å². The first-order valence-corrected chi connectivity index (χ1v) is 6.26. The smallest absolute Gasteiger partial charge is 0.258 e. The molecule has 0 bridgehead atoms. The van der Waals surface area contributed by atoms with E-state index < -0.39 is 11.9 Å². The van der Waals surface area contributed by atoms with E-state index in [-0.39, 0.29) is 12.5 Å². The second-order valence-electron chi connectivity index (χ2n) is 4.11. The summed E-state index contributed by atoms with van der Waals surface area (Å²) in [5, 5.41) is 13.9. The first kappa shape index (κ1) is 15.5. The number of benzene rings is 1. The van der Waals surface area contributed by atoms with Gasteiger partial charge in [0.05, 0.1) is 11.6 Å². The van der Waals surface area contributed by atoms with Crippen molar-refractivity contribution in [2.75, 3.05) is 13.2 Å². The molecule has 0 heterocycles. The van der Waals surface area contributed by atoms with Crippen LogP contribution in [0.15, 0.2) is 24.3 Å². The number of likely N-dealkylation sites (N-methyl/N-ethyl adjacent to an activating group) is 1. The van der Waals surface area contributed by atoms with Gasteiger partial charge in [-0.15, -0.1) is 0 Å². The number of hydrogen-bond donors (Lipinski definition) is 2. The van der Waals surface area contributed by atoms with Gasteiger partial charge in [-0.25, -0.2) is 0 Å². The minimum Gasteiger partial charge on any atom is -0.484 e. The van der Waals surface area contributed by atoms with Crippen molar-refractivity contribution < 1.29 is 14.3 Å². The van der Waals surface area contributed by atoms with E-state index in [9.17, 15) is 9.59 Å². The summed E-state index contributed by atoms with van der Waals surface area (Å²) >= 11 is 0. The summed E-state index contributed by atoms with van der Waals surface area (Å²) < 4.78 is 5.26. The summed E-state index contributed by atoms with van der Waals surface area (Å²) in [6.45, 7) is 3.70. The van der Waals surface area contributed by atoms with Crippen LogP contribution in [-0.4, -0.2) is 31.0 Å². The number of carbonyl (C=O) groups excluding carboxylic acids is 2. The van der Waals surface area contributed by atoms with E-state index in [0.29, 0.717) is 17.9 Å². The van der Waals surface area contributed by atoms with Crippen molar-refractivity contribution in [2.45, 2.75) is 19.9 Å². The van der Waals surface area contributed by atoms with Gasteiger partial charge < -0.3 is 15.4 Å². The second-order valence-corrected chi connectivity index (χ2v) is 4.11. The van der Waals surface area contributed by atoms with Gasteiger partial charge in [-0.1, -0.05) is 6.07 Å². The van der Waals surface area contributed by atoms with Gasteiger partial charge in [0, 0.05) is 6.54 Å². The van der Waals surface area contributed by atoms with Crippen molar-refractivity contribution in [1.82, 2.24) is 10.6 Å². The summed E-state index contributed by atoms with van der Waals surface area (Å²) in [6.07, 6.45) is 0. The number of amides is 2. The Balaban J connectivity index is 2.43. The standard InChI is InChI=1S/C14H17N3O3/c1-3-16-14(19)10(2)17-13(18)9-20-12-6-4-5-11(7-12)8-15/h4-7,10H,3,9H2,1-2H3,(H,16,19)(H,17,18)/t10-/m0/s1. The van der Waals surface area contributed by atoms with Crippen LogP contribution in [-0.2, 0) is 9.59 Å². The molecule has 1 rings (SSSR count). The van der Waals surface area contributed by atoms with Crippen LogP contribution in [0.25, 0.3) is 0 Å². The molecule has 0 saturated carbocycles.